The molecule has 1 aromatic carbocycles. The highest BCUT2D eigenvalue weighted by atomic mass is 32.2. The molecule has 3 fully saturated rings. The van der Waals surface area contributed by atoms with Gasteiger partial charge in [-0.3, -0.25) is 9.69 Å². The van der Waals surface area contributed by atoms with E-state index in [1.807, 2.05) is 30.3 Å². The van der Waals surface area contributed by atoms with Crippen LogP contribution in [0.3, 0.4) is 0 Å². The molecule has 5 nitrogen and oxygen atoms in total. The molecule has 1 amide bonds. The molecule has 0 radical (unpaired) electrons. The van der Waals surface area contributed by atoms with E-state index in [4.69, 9.17) is 9.15 Å². The van der Waals surface area contributed by atoms with Gasteiger partial charge in [-0.15, -0.1) is 0 Å². The van der Waals surface area contributed by atoms with Crippen LogP contribution in [-0.4, -0.2) is 43.1 Å². The summed E-state index contributed by atoms with van der Waals surface area (Å²) in [6.07, 6.45) is 3.97. The number of benzene rings is 1. The summed E-state index contributed by atoms with van der Waals surface area (Å²) in [6.45, 7) is 4.57. The maximum absolute atomic E-state index is 12.7. The molecule has 1 aromatic heterocycles. The standard InChI is InChI=1S/C20H24N2O3S/c1-13-19(14-7-9-22(13)10-8-14)21-20(23)15-3-5-17(6-4-15)26-18-11-16(24-2)12-25-18/h3-6,11-14,19H,7-10H2,1-2H3,(H,21,23). The van der Waals surface area contributed by atoms with Crippen molar-refractivity contribution in [3.05, 3.63) is 42.2 Å². The van der Waals surface area contributed by atoms with Gasteiger partial charge in [0.15, 0.2) is 10.8 Å². The van der Waals surface area contributed by atoms with Gasteiger partial charge in [0.05, 0.1) is 7.11 Å². The summed E-state index contributed by atoms with van der Waals surface area (Å²) >= 11 is 1.51. The number of furan rings is 1. The fourth-order valence-corrected chi connectivity index (χ4v) is 4.81. The zero-order valence-electron chi connectivity index (χ0n) is 15.1. The lowest BCUT2D eigenvalue weighted by molar-refractivity contribution is 0.0217. The van der Waals surface area contributed by atoms with Crippen LogP contribution in [0.4, 0.5) is 0 Å². The predicted octanol–water partition coefficient (Wildman–Crippen LogP) is 3.65. The first-order chi connectivity index (χ1) is 12.6. The van der Waals surface area contributed by atoms with E-state index in [1.165, 1.54) is 37.7 Å². The van der Waals surface area contributed by atoms with E-state index in [1.54, 1.807) is 13.4 Å². The zero-order chi connectivity index (χ0) is 18.1. The molecule has 2 bridgehead atoms. The van der Waals surface area contributed by atoms with Gasteiger partial charge in [-0.25, -0.2) is 0 Å². The first-order valence-electron chi connectivity index (χ1n) is 9.09. The molecule has 26 heavy (non-hydrogen) atoms. The van der Waals surface area contributed by atoms with E-state index < -0.39 is 0 Å². The van der Waals surface area contributed by atoms with E-state index in [0.717, 1.165) is 9.99 Å². The number of hydrogen-bond acceptors (Lipinski definition) is 5. The lowest BCUT2D eigenvalue weighted by Crippen LogP contribution is -2.62. The van der Waals surface area contributed by atoms with Crippen molar-refractivity contribution in [1.82, 2.24) is 10.2 Å². The molecule has 2 atom stereocenters. The van der Waals surface area contributed by atoms with E-state index in [0.29, 0.717) is 23.3 Å². The molecule has 3 aliphatic heterocycles. The van der Waals surface area contributed by atoms with Gasteiger partial charge in [-0.05, 0) is 63.0 Å². The molecule has 3 aliphatic rings. The summed E-state index contributed by atoms with van der Waals surface area (Å²) in [5.74, 6) is 1.34. The van der Waals surface area contributed by atoms with Crippen LogP contribution in [0, 0.1) is 5.92 Å². The minimum Gasteiger partial charge on any atom is -0.493 e. The van der Waals surface area contributed by atoms with Gasteiger partial charge in [-0.2, -0.15) is 0 Å². The van der Waals surface area contributed by atoms with Gasteiger partial charge >= 0.3 is 0 Å². The van der Waals surface area contributed by atoms with Crippen molar-refractivity contribution in [2.45, 2.75) is 41.8 Å². The minimum absolute atomic E-state index is 0.0202. The Kier molecular flexibility index (Phi) is 4.96. The van der Waals surface area contributed by atoms with Gasteiger partial charge in [0.25, 0.3) is 5.91 Å². The zero-order valence-corrected chi connectivity index (χ0v) is 15.9. The summed E-state index contributed by atoms with van der Waals surface area (Å²) in [4.78, 5) is 16.2. The van der Waals surface area contributed by atoms with Crippen LogP contribution >= 0.6 is 11.8 Å². The minimum atomic E-state index is 0.0202. The van der Waals surface area contributed by atoms with Crippen molar-refractivity contribution in [2.24, 2.45) is 5.92 Å². The molecular weight excluding hydrogens is 348 g/mol. The molecule has 2 unspecified atom stereocenters. The highest BCUT2D eigenvalue weighted by molar-refractivity contribution is 7.99. The van der Waals surface area contributed by atoms with Crippen LogP contribution < -0.4 is 10.1 Å². The molecule has 4 heterocycles. The number of nitrogens with one attached hydrogen (secondary N) is 1. The van der Waals surface area contributed by atoms with Crippen molar-refractivity contribution in [2.75, 3.05) is 20.2 Å². The van der Waals surface area contributed by atoms with Crippen molar-refractivity contribution < 1.29 is 13.9 Å². The number of hydrogen-bond donors (Lipinski definition) is 1. The fraction of sp³-hybridized carbons (Fsp3) is 0.450. The third kappa shape index (κ3) is 3.48. The van der Waals surface area contributed by atoms with Gasteiger partial charge in [0.2, 0.25) is 0 Å². The summed E-state index contributed by atoms with van der Waals surface area (Å²) in [7, 11) is 1.61. The predicted molar refractivity (Wildman–Crippen MR) is 101 cm³/mol. The summed E-state index contributed by atoms with van der Waals surface area (Å²) in [5.41, 5.74) is 0.704. The number of carbonyl (C=O) groups is 1. The molecule has 0 spiro atoms. The summed E-state index contributed by atoms with van der Waals surface area (Å²) < 4.78 is 10.6. The van der Waals surface area contributed by atoms with Crippen LogP contribution in [0.1, 0.15) is 30.1 Å². The normalized spacial score (nSPS) is 27.3. The molecule has 6 heteroatoms. The molecule has 138 valence electrons. The molecule has 0 aliphatic carbocycles. The van der Waals surface area contributed by atoms with Crippen LogP contribution in [0.2, 0.25) is 0 Å². The fourth-order valence-electron chi connectivity index (χ4n) is 4.03. The second-order valence-electron chi connectivity index (χ2n) is 7.05. The number of amides is 1. The Morgan fingerprint density at radius 2 is 2.00 bits per heavy atom. The maximum Gasteiger partial charge on any atom is 0.251 e. The quantitative estimate of drug-likeness (QED) is 0.868. The lowest BCUT2D eigenvalue weighted by Gasteiger charge is -2.49. The average molecular weight is 372 g/mol. The molecular formula is C20H24N2O3S. The topological polar surface area (TPSA) is 54.7 Å². The highest BCUT2D eigenvalue weighted by Crippen LogP contribution is 2.33. The Morgan fingerprint density at radius 3 is 2.62 bits per heavy atom. The molecule has 3 saturated heterocycles. The van der Waals surface area contributed by atoms with Crippen LogP contribution in [-0.2, 0) is 0 Å². The summed E-state index contributed by atoms with van der Waals surface area (Å²) in [6, 6.07) is 10.2. The van der Waals surface area contributed by atoms with E-state index in [2.05, 4.69) is 17.1 Å². The Labute approximate surface area is 158 Å². The number of carbonyl (C=O) groups excluding carboxylic acids is 1. The molecule has 0 saturated carbocycles. The SMILES string of the molecule is COc1coc(Sc2ccc(C(=O)NC3C4CCN(CC4)C3C)cc2)c1. The third-order valence-electron chi connectivity index (χ3n) is 5.60. The monoisotopic (exact) mass is 372 g/mol. The first-order valence-corrected chi connectivity index (χ1v) is 9.91. The van der Waals surface area contributed by atoms with Crippen molar-refractivity contribution in [1.29, 1.82) is 0 Å². The average Bonchev–Trinajstić information content (AvgIpc) is 3.13. The number of fused-ring (bicyclic) bond motifs is 3. The Morgan fingerprint density at radius 1 is 1.27 bits per heavy atom. The van der Waals surface area contributed by atoms with E-state index in [-0.39, 0.29) is 11.9 Å². The first kappa shape index (κ1) is 17.5. The smallest absolute Gasteiger partial charge is 0.251 e. The second kappa shape index (κ2) is 7.37. The van der Waals surface area contributed by atoms with Crippen LogP contribution in [0.5, 0.6) is 5.75 Å². The van der Waals surface area contributed by atoms with Crippen molar-refractivity contribution >= 4 is 17.7 Å². The Balaban J connectivity index is 1.39. The number of nitrogens with zero attached hydrogens (tertiary/aromatic N) is 1. The van der Waals surface area contributed by atoms with Gasteiger partial charge in [-0.1, -0.05) is 11.8 Å². The van der Waals surface area contributed by atoms with Gasteiger partial charge < -0.3 is 14.5 Å². The number of piperidine rings is 3. The number of ether oxygens (including phenoxy) is 1. The summed E-state index contributed by atoms with van der Waals surface area (Å²) in [5, 5.41) is 4.04. The number of methoxy groups -OCH3 is 1. The van der Waals surface area contributed by atoms with Gasteiger partial charge in [0, 0.05) is 28.6 Å². The van der Waals surface area contributed by atoms with Crippen molar-refractivity contribution in [3.63, 3.8) is 0 Å². The largest absolute Gasteiger partial charge is 0.493 e. The third-order valence-corrected chi connectivity index (χ3v) is 6.52. The highest BCUT2D eigenvalue weighted by Gasteiger charge is 2.40. The molecule has 2 aromatic rings. The number of rotatable bonds is 5. The second-order valence-corrected chi connectivity index (χ2v) is 8.12. The molecule has 5 rings (SSSR count). The Bertz CT molecular complexity index is 764. The van der Waals surface area contributed by atoms with Crippen molar-refractivity contribution in [3.8, 4) is 5.75 Å². The van der Waals surface area contributed by atoms with Gasteiger partial charge in [0.1, 0.15) is 6.26 Å². The van der Waals surface area contributed by atoms with E-state index >= 15 is 0 Å². The Hall–Kier alpha value is -1.92. The lowest BCUT2D eigenvalue weighted by atomic mass is 9.79. The van der Waals surface area contributed by atoms with E-state index in [9.17, 15) is 4.79 Å². The van der Waals surface area contributed by atoms with Crippen LogP contribution in [0.25, 0.3) is 0 Å². The maximum atomic E-state index is 12.7. The molecule has 1 N–H and O–H groups in total. The van der Waals surface area contributed by atoms with Crippen LogP contribution in [0.15, 0.2) is 51.0 Å².